The minimum absolute atomic E-state index is 0.0411. The molecule has 0 atom stereocenters. The van der Waals surface area contributed by atoms with Crippen LogP contribution in [0.4, 0.5) is 0 Å². The topological polar surface area (TPSA) is 81.9 Å². The number of hydrogen-bond donors (Lipinski definition) is 1. The first-order chi connectivity index (χ1) is 10.7. The van der Waals surface area contributed by atoms with Crippen molar-refractivity contribution in [1.82, 2.24) is 25.3 Å². The Balaban J connectivity index is 1.56. The van der Waals surface area contributed by atoms with Crippen molar-refractivity contribution in [3.05, 3.63) is 36.4 Å². The minimum atomic E-state index is -0.322. The van der Waals surface area contributed by atoms with Gasteiger partial charge in [0.05, 0.1) is 30.5 Å². The Morgan fingerprint density at radius 1 is 1.41 bits per heavy atom. The van der Waals surface area contributed by atoms with Crippen LogP contribution < -0.4 is 5.32 Å². The van der Waals surface area contributed by atoms with Gasteiger partial charge in [0, 0.05) is 19.0 Å². The summed E-state index contributed by atoms with van der Waals surface area (Å²) in [5.41, 5.74) is 1.28. The van der Waals surface area contributed by atoms with Crippen LogP contribution in [-0.4, -0.2) is 39.1 Å². The molecule has 7 heteroatoms. The second-order valence-electron chi connectivity index (χ2n) is 5.46. The molecule has 1 saturated carbocycles. The molecule has 1 aliphatic rings. The van der Waals surface area contributed by atoms with Crippen molar-refractivity contribution in [2.45, 2.75) is 26.3 Å². The highest BCUT2D eigenvalue weighted by Crippen LogP contribution is 2.46. The van der Waals surface area contributed by atoms with Gasteiger partial charge in [-0.2, -0.15) is 0 Å². The molecule has 1 aliphatic carbocycles. The van der Waals surface area contributed by atoms with E-state index in [-0.39, 0.29) is 11.3 Å². The van der Waals surface area contributed by atoms with Crippen LogP contribution in [0.3, 0.4) is 0 Å². The summed E-state index contributed by atoms with van der Waals surface area (Å²) in [7, 11) is 0. The van der Waals surface area contributed by atoms with E-state index in [9.17, 15) is 4.79 Å². The van der Waals surface area contributed by atoms with E-state index in [0.717, 1.165) is 24.2 Å². The van der Waals surface area contributed by atoms with E-state index >= 15 is 0 Å². The van der Waals surface area contributed by atoms with Crippen molar-refractivity contribution in [1.29, 1.82) is 0 Å². The molecule has 0 aromatic carbocycles. The molecular weight excluding hydrogens is 282 g/mol. The molecule has 2 aromatic rings. The molecule has 116 valence electrons. The van der Waals surface area contributed by atoms with E-state index in [2.05, 4.69) is 20.6 Å². The van der Waals surface area contributed by atoms with Crippen LogP contribution >= 0.6 is 0 Å². The van der Waals surface area contributed by atoms with Crippen LogP contribution in [0.1, 0.15) is 25.5 Å². The summed E-state index contributed by atoms with van der Waals surface area (Å²) in [4.78, 5) is 16.2. The average Bonchev–Trinajstić information content (AvgIpc) is 3.21. The van der Waals surface area contributed by atoms with E-state index in [0.29, 0.717) is 19.8 Å². The summed E-state index contributed by atoms with van der Waals surface area (Å²) in [6.07, 6.45) is 6.98. The summed E-state index contributed by atoms with van der Waals surface area (Å²) in [6, 6.07) is 3.69. The van der Waals surface area contributed by atoms with Gasteiger partial charge in [0.2, 0.25) is 5.91 Å². The lowest BCUT2D eigenvalue weighted by Crippen LogP contribution is -2.34. The fraction of sp³-hybridized carbons (Fsp3) is 0.467. The summed E-state index contributed by atoms with van der Waals surface area (Å²) >= 11 is 0. The number of nitrogens with zero attached hydrogens (tertiary/aromatic N) is 4. The first-order valence-electron chi connectivity index (χ1n) is 7.41. The number of rotatable bonds is 7. The van der Waals surface area contributed by atoms with Crippen molar-refractivity contribution < 1.29 is 9.53 Å². The number of amides is 1. The molecule has 3 rings (SSSR count). The number of aromatic nitrogens is 4. The van der Waals surface area contributed by atoms with Gasteiger partial charge in [-0.25, -0.2) is 4.68 Å². The Kier molecular flexibility index (Phi) is 4.15. The van der Waals surface area contributed by atoms with Gasteiger partial charge in [-0.15, -0.1) is 5.10 Å². The van der Waals surface area contributed by atoms with Gasteiger partial charge < -0.3 is 10.1 Å². The molecule has 22 heavy (non-hydrogen) atoms. The average molecular weight is 301 g/mol. The molecule has 2 heterocycles. The zero-order chi connectivity index (χ0) is 15.4. The molecule has 1 N–H and O–H groups in total. The van der Waals surface area contributed by atoms with Crippen molar-refractivity contribution in [2.24, 2.45) is 5.41 Å². The fourth-order valence-electron chi connectivity index (χ4n) is 2.25. The highest BCUT2D eigenvalue weighted by Gasteiger charge is 2.49. The highest BCUT2D eigenvalue weighted by atomic mass is 16.5. The summed E-state index contributed by atoms with van der Waals surface area (Å²) < 4.78 is 7.06. The zero-order valence-electron chi connectivity index (χ0n) is 12.5. The molecule has 0 radical (unpaired) electrons. The maximum absolute atomic E-state index is 12.2. The lowest BCUT2D eigenvalue weighted by Gasteiger charge is -2.14. The Hall–Kier alpha value is -2.28. The van der Waals surface area contributed by atoms with Crippen LogP contribution in [0, 0.1) is 5.41 Å². The van der Waals surface area contributed by atoms with Gasteiger partial charge in [0.25, 0.3) is 0 Å². The van der Waals surface area contributed by atoms with E-state index in [1.54, 1.807) is 23.3 Å². The third-order valence-electron chi connectivity index (χ3n) is 3.82. The molecule has 0 bridgehead atoms. The molecule has 2 aromatic heterocycles. The molecule has 1 amide bonds. The van der Waals surface area contributed by atoms with Crippen molar-refractivity contribution in [3.8, 4) is 5.69 Å². The molecule has 7 nitrogen and oxygen atoms in total. The third kappa shape index (κ3) is 3.14. The second-order valence-corrected chi connectivity index (χ2v) is 5.46. The molecule has 0 aliphatic heterocycles. The van der Waals surface area contributed by atoms with Crippen LogP contribution in [0.2, 0.25) is 0 Å². The lowest BCUT2D eigenvalue weighted by atomic mass is 10.1. The number of nitrogens with one attached hydrogen (secondary N) is 1. The van der Waals surface area contributed by atoms with E-state index in [1.165, 1.54) is 0 Å². The quantitative estimate of drug-likeness (QED) is 0.828. The second kappa shape index (κ2) is 6.23. The lowest BCUT2D eigenvalue weighted by molar-refractivity contribution is -0.128. The Morgan fingerprint density at radius 2 is 2.18 bits per heavy atom. The maximum Gasteiger partial charge on any atom is 0.228 e. The number of ether oxygens (including phenoxy) is 1. The third-order valence-corrected chi connectivity index (χ3v) is 3.82. The van der Waals surface area contributed by atoms with E-state index in [4.69, 9.17) is 4.74 Å². The van der Waals surface area contributed by atoms with Crippen molar-refractivity contribution in [3.63, 3.8) is 0 Å². The van der Waals surface area contributed by atoms with Crippen LogP contribution in [-0.2, 0) is 16.1 Å². The first-order valence-corrected chi connectivity index (χ1v) is 7.41. The largest absolute Gasteiger partial charge is 0.381 e. The monoisotopic (exact) mass is 301 g/mol. The van der Waals surface area contributed by atoms with Gasteiger partial charge in [-0.3, -0.25) is 9.78 Å². The molecule has 0 saturated heterocycles. The first kappa shape index (κ1) is 14.6. The van der Waals surface area contributed by atoms with Crippen molar-refractivity contribution >= 4 is 5.91 Å². The molecule has 0 spiro atoms. The van der Waals surface area contributed by atoms with E-state index in [1.807, 2.05) is 19.1 Å². The van der Waals surface area contributed by atoms with Gasteiger partial charge in [-0.05, 0) is 31.9 Å². The van der Waals surface area contributed by atoms with E-state index < -0.39 is 0 Å². The molecule has 1 fully saturated rings. The van der Waals surface area contributed by atoms with Crippen LogP contribution in [0.5, 0.6) is 0 Å². The zero-order valence-corrected chi connectivity index (χ0v) is 12.5. The predicted octanol–water partition coefficient (Wildman–Crippen LogP) is 1.10. The Labute approximate surface area is 128 Å². The smallest absolute Gasteiger partial charge is 0.228 e. The van der Waals surface area contributed by atoms with Gasteiger partial charge in [0.1, 0.15) is 5.69 Å². The Morgan fingerprint density at radius 3 is 2.86 bits per heavy atom. The van der Waals surface area contributed by atoms with Gasteiger partial charge in [-0.1, -0.05) is 5.21 Å². The summed E-state index contributed by atoms with van der Waals surface area (Å²) in [5, 5.41) is 11.1. The van der Waals surface area contributed by atoms with Gasteiger partial charge in [0.15, 0.2) is 0 Å². The maximum atomic E-state index is 12.2. The fourth-order valence-corrected chi connectivity index (χ4v) is 2.25. The number of carbonyl (C=O) groups is 1. The SMILES string of the molecule is CCOCC1(C(=O)NCc2cn(-c3ccncc3)nn2)CC1. The van der Waals surface area contributed by atoms with Crippen LogP contribution in [0.15, 0.2) is 30.7 Å². The Bertz CT molecular complexity index is 636. The summed E-state index contributed by atoms with van der Waals surface area (Å²) in [5.74, 6) is 0.0411. The van der Waals surface area contributed by atoms with Gasteiger partial charge >= 0.3 is 0 Å². The number of carbonyl (C=O) groups excluding carboxylic acids is 1. The summed E-state index contributed by atoms with van der Waals surface area (Å²) in [6.45, 7) is 3.44. The van der Waals surface area contributed by atoms with Crippen molar-refractivity contribution in [2.75, 3.05) is 13.2 Å². The van der Waals surface area contributed by atoms with Crippen LogP contribution in [0.25, 0.3) is 5.69 Å². The minimum Gasteiger partial charge on any atom is -0.381 e. The standard InChI is InChI=1S/C15H19N5O2/c1-2-22-11-15(5-6-15)14(21)17-9-12-10-20(19-18-12)13-3-7-16-8-4-13/h3-4,7-8,10H,2,5-6,9,11H2,1H3,(H,17,21). The number of pyridine rings is 1. The highest BCUT2D eigenvalue weighted by molar-refractivity contribution is 5.85. The molecule has 0 unspecified atom stereocenters. The predicted molar refractivity (Wildman–Crippen MR) is 79.2 cm³/mol. The molecular formula is C15H19N5O2. The normalized spacial score (nSPS) is 15.5. The number of hydrogen-bond acceptors (Lipinski definition) is 5.